The van der Waals surface area contributed by atoms with Crippen LogP contribution < -0.4 is 5.32 Å². The van der Waals surface area contributed by atoms with Crippen LogP contribution in [0.4, 0.5) is 0 Å². The largest absolute Gasteiger partial charge is 0.508 e. The molecule has 1 saturated heterocycles. The molecule has 1 fully saturated rings. The SMILES string of the molecule is Oc1ccc(C2CCC(O)CN2)cc1. The van der Waals surface area contributed by atoms with Crippen molar-refractivity contribution in [3.05, 3.63) is 29.8 Å². The molecular formula is C11H15NO2. The van der Waals surface area contributed by atoms with E-state index in [1.54, 1.807) is 12.1 Å². The number of aliphatic hydroxyl groups is 1. The molecule has 1 aromatic carbocycles. The Hall–Kier alpha value is -1.06. The van der Waals surface area contributed by atoms with E-state index in [0.717, 1.165) is 12.8 Å². The zero-order valence-electron chi connectivity index (χ0n) is 7.98. The number of piperidine rings is 1. The van der Waals surface area contributed by atoms with Gasteiger partial charge in [-0.1, -0.05) is 12.1 Å². The van der Waals surface area contributed by atoms with E-state index in [-0.39, 0.29) is 6.10 Å². The second-order valence-electron chi connectivity index (χ2n) is 3.78. The van der Waals surface area contributed by atoms with Gasteiger partial charge in [-0.15, -0.1) is 0 Å². The monoisotopic (exact) mass is 193 g/mol. The molecule has 1 heterocycles. The number of hydrogen-bond acceptors (Lipinski definition) is 3. The van der Waals surface area contributed by atoms with Gasteiger partial charge in [0.05, 0.1) is 6.10 Å². The van der Waals surface area contributed by atoms with Gasteiger partial charge in [-0.05, 0) is 30.5 Å². The van der Waals surface area contributed by atoms with Gasteiger partial charge in [0.2, 0.25) is 0 Å². The van der Waals surface area contributed by atoms with Crippen molar-refractivity contribution in [2.24, 2.45) is 0 Å². The van der Waals surface area contributed by atoms with E-state index in [1.807, 2.05) is 12.1 Å². The van der Waals surface area contributed by atoms with E-state index in [9.17, 15) is 5.11 Å². The maximum Gasteiger partial charge on any atom is 0.115 e. The Morgan fingerprint density at radius 1 is 1.14 bits per heavy atom. The highest BCUT2D eigenvalue weighted by atomic mass is 16.3. The second-order valence-corrected chi connectivity index (χ2v) is 3.78. The third-order valence-electron chi connectivity index (χ3n) is 2.68. The number of phenols is 1. The van der Waals surface area contributed by atoms with Gasteiger partial charge in [0.15, 0.2) is 0 Å². The zero-order valence-corrected chi connectivity index (χ0v) is 7.98. The van der Waals surface area contributed by atoms with Crippen molar-refractivity contribution in [1.82, 2.24) is 5.32 Å². The van der Waals surface area contributed by atoms with Crippen LogP contribution >= 0.6 is 0 Å². The summed E-state index contributed by atoms with van der Waals surface area (Å²) in [6, 6.07) is 7.55. The molecule has 0 spiro atoms. The summed E-state index contributed by atoms with van der Waals surface area (Å²) in [5, 5.41) is 21.7. The van der Waals surface area contributed by atoms with Crippen LogP contribution in [0.5, 0.6) is 5.75 Å². The molecule has 3 heteroatoms. The van der Waals surface area contributed by atoms with Gasteiger partial charge in [-0.2, -0.15) is 0 Å². The van der Waals surface area contributed by atoms with E-state index in [4.69, 9.17) is 5.11 Å². The Morgan fingerprint density at radius 3 is 2.43 bits per heavy atom. The van der Waals surface area contributed by atoms with Crippen molar-refractivity contribution in [3.63, 3.8) is 0 Å². The van der Waals surface area contributed by atoms with Crippen molar-refractivity contribution in [2.45, 2.75) is 25.0 Å². The molecule has 0 aliphatic carbocycles. The van der Waals surface area contributed by atoms with Crippen LogP contribution in [-0.2, 0) is 0 Å². The zero-order chi connectivity index (χ0) is 9.97. The van der Waals surface area contributed by atoms with Crippen molar-refractivity contribution >= 4 is 0 Å². The fraction of sp³-hybridized carbons (Fsp3) is 0.455. The Labute approximate surface area is 83.4 Å². The summed E-state index contributed by atoms with van der Waals surface area (Å²) in [5.74, 6) is 0.296. The van der Waals surface area contributed by atoms with Gasteiger partial charge in [-0.25, -0.2) is 0 Å². The minimum Gasteiger partial charge on any atom is -0.508 e. The number of aromatic hydroxyl groups is 1. The lowest BCUT2D eigenvalue weighted by Crippen LogP contribution is -2.36. The van der Waals surface area contributed by atoms with Gasteiger partial charge < -0.3 is 15.5 Å². The van der Waals surface area contributed by atoms with E-state index < -0.39 is 0 Å². The highest BCUT2D eigenvalue weighted by Gasteiger charge is 2.19. The molecule has 1 aliphatic rings. The average Bonchev–Trinajstić information content (AvgIpc) is 2.21. The van der Waals surface area contributed by atoms with Crippen LogP contribution in [0.3, 0.4) is 0 Å². The molecule has 0 aromatic heterocycles. The number of aliphatic hydroxyl groups excluding tert-OH is 1. The third-order valence-corrected chi connectivity index (χ3v) is 2.68. The lowest BCUT2D eigenvalue weighted by atomic mass is 9.96. The number of nitrogens with one attached hydrogen (secondary N) is 1. The van der Waals surface area contributed by atoms with Gasteiger partial charge in [-0.3, -0.25) is 0 Å². The van der Waals surface area contributed by atoms with E-state index >= 15 is 0 Å². The Morgan fingerprint density at radius 2 is 1.86 bits per heavy atom. The van der Waals surface area contributed by atoms with Crippen molar-refractivity contribution in [3.8, 4) is 5.75 Å². The first-order chi connectivity index (χ1) is 6.75. The molecule has 76 valence electrons. The number of rotatable bonds is 1. The predicted octanol–water partition coefficient (Wildman–Crippen LogP) is 1.18. The summed E-state index contributed by atoms with van der Waals surface area (Å²) in [6.07, 6.45) is 1.59. The first-order valence-electron chi connectivity index (χ1n) is 4.96. The lowest BCUT2D eigenvalue weighted by Gasteiger charge is -2.27. The van der Waals surface area contributed by atoms with E-state index in [2.05, 4.69) is 5.32 Å². The van der Waals surface area contributed by atoms with Crippen molar-refractivity contribution < 1.29 is 10.2 Å². The third kappa shape index (κ3) is 2.05. The predicted molar refractivity (Wildman–Crippen MR) is 54.1 cm³/mol. The minimum absolute atomic E-state index is 0.205. The minimum atomic E-state index is -0.205. The molecule has 3 N–H and O–H groups in total. The van der Waals surface area contributed by atoms with Crippen molar-refractivity contribution in [1.29, 1.82) is 0 Å². The molecule has 1 aromatic rings. The normalized spacial score (nSPS) is 27.5. The number of β-amino-alcohol motifs (C(OH)–C–C–N with tert-alkyl or cyclic N) is 1. The molecule has 0 saturated carbocycles. The summed E-state index contributed by atoms with van der Waals surface area (Å²) < 4.78 is 0. The number of benzene rings is 1. The Kier molecular flexibility index (Phi) is 2.70. The standard InChI is InChI=1S/C11H15NO2/c13-9-3-1-8(2-4-9)11-6-5-10(14)7-12-11/h1-4,10-14H,5-7H2. The Bertz CT molecular complexity index is 289. The summed E-state index contributed by atoms with van der Waals surface area (Å²) in [7, 11) is 0. The maximum atomic E-state index is 9.32. The molecule has 3 nitrogen and oxygen atoms in total. The van der Waals surface area contributed by atoms with E-state index in [1.165, 1.54) is 5.56 Å². The number of phenolic OH excluding ortho intramolecular Hbond substituents is 1. The van der Waals surface area contributed by atoms with Crippen LogP contribution in [-0.4, -0.2) is 22.9 Å². The molecule has 0 amide bonds. The summed E-state index contributed by atoms with van der Waals surface area (Å²) >= 11 is 0. The van der Waals surface area contributed by atoms with E-state index in [0.29, 0.717) is 18.3 Å². The highest BCUT2D eigenvalue weighted by Crippen LogP contribution is 2.24. The van der Waals surface area contributed by atoms with Crippen LogP contribution in [0.1, 0.15) is 24.4 Å². The molecule has 2 atom stereocenters. The van der Waals surface area contributed by atoms with Gasteiger partial charge in [0, 0.05) is 12.6 Å². The molecule has 2 unspecified atom stereocenters. The van der Waals surface area contributed by atoms with Gasteiger partial charge in [0.1, 0.15) is 5.75 Å². The first-order valence-corrected chi connectivity index (χ1v) is 4.96. The van der Waals surface area contributed by atoms with Gasteiger partial charge >= 0.3 is 0 Å². The smallest absolute Gasteiger partial charge is 0.115 e. The van der Waals surface area contributed by atoms with Crippen LogP contribution in [0.15, 0.2) is 24.3 Å². The van der Waals surface area contributed by atoms with Crippen molar-refractivity contribution in [2.75, 3.05) is 6.54 Å². The number of hydrogen-bond donors (Lipinski definition) is 3. The maximum absolute atomic E-state index is 9.32. The molecule has 1 aliphatic heterocycles. The topological polar surface area (TPSA) is 52.5 Å². The summed E-state index contributed by atoms with van der Waals surface area (Å²) in [4.78, 5) is 0. The molecule has 0 bridgehead atoms. The quantitative estimate of drug-likeness (QED) is 0.627. The molecule has 2 rings (SSSR count). The fourth-order valence-corrected chi connectivity index (χ4v) is 1.83. The van der Waals surface area contributed by atoms with Crippen LogP contribution in [0.2, 0.25) is 0 Å². The summed E-state index contributed by atoms with van der Waals surface area (Å²) in [5.41, 5.74) is 1.18. The van der Waals surface area contributed by atoms with Crippen LogP contribution in [0.25, 0.3) is 0 Å². The average molecular weight is 193 g/mol. The molecule has 0 radical (unpaired) electrons. The van der Waals surface area contributed by atoms with Gasteiger partial charge in [0.25, 0.3) is 0 Å². The molecule has 14 heavy (non-hydrogen) atoms. The second kappa shape index (κ2) is 3.98. The summed E-state index contributed by atoms with van der Waals surface area (Å²) in [6.45, 7) is 0.658. The lowest BCUT2D eigenvalue weighted by molar-refractivity contribution is 0.126. The highest BCUT2D eigenvalue weighted by molar-refractivity contribution is 5.28. The Balaban J connectivity index is 2.05. The first kappa shape index (κ1) is 9.49. The van der Waals surface area contributed by atoms with Crippen LogP contribution in [0, 0.1) is 0 Å². The fourth-order valence-electron chi connectivity index (χ4n) is 1.83. The molecular weight excluding hydrogens is 178 g/mol.